The second-order valence-corrected chi connectivity index (χ2v) is 9.12. The van der Waals surface area contributed by atoms with Crippen molar-refractivity contribution in [2.75, 3.05) is 32.5 Å². The van der Waals surface area contributed by atoms with Crippen LogP contribution in [0.25, 0.3) is 11.0 Å². The van der Waals surface area contributed by atoms with Crippen molar-refractivity contribution in [2.24, 2.45) is 0 Å². The topological polar surface area (TPSA) is 67.2 Å². The van der Waals surface area contributed by atoms with Crippen LogP contribution in [0.2, 0.25) is 0 Å². The molecular weight excluding hydrogens is 402 g/mol. The second kappa shape index (κ2) is 8.50. The van der Waals surface area contributed by atoms with Gasteiger partial charge in [0.05, 0.1) is 6.54 Å². The van der Waals surface area contributed by atoms with E-state index in [1.807, 2.05) is 56.7 Å². The Labute approximate surface area is 189 Å². The number of fused-ring (bicyclic) bond motifs is 1. The molecule has 32 heavy (non-hydrogen) atoms. The maximum absolute atomic E-state index is 11.2. The molecule has 0 saturated carbocycles. The Hall–Kier alpha value is -3.00. The van der Waals surface area contributed by atoms with Gasteiger partial charge in [0, 0.05) is 30.4 Å². The molecule has 0 saturated heterocycles. The lowest BCUT2D eigenvalue weighted by atomic mass is 9.88. The van der Waals surface area contributed by atoms with Crippen LogP contribution in [-0.4, -0.2) is 58.5 Å². The maximum atomic E-state index is 11.2. The van der Waals surface area contributed by atoms with Crippen LogP contribution in [0.3, 0.4) is 0 Å². The third-order valence-corrected chi connectivity index (χ3v) is 5.73. The lowest BCUT2D eigenvalue weighted by molar-refractivity contribution is 0.00556. The number of nitrogens with one attached hydrogen (secondary N) is 2. The van der Waals surface area contributed by atoms with Crippen molar-refractivity contribution in [1.29, 1.82) is 0 Å². The largest absolute Gasteiger partial charge is 0.460 e. The number of nitrogens with zero attached hydrogens (tertiary/aromatic N) is 3. The number of anilines is 1. The van der Waals surface area contributed by atoms with Gasteiger partial charge in [0.25, 0.3) is 0 Å². The molecule has 2 aromatic rings. The predicted octanol–water partition coefficient (Wildman–Crippen LogP) is 3.61. The van der Waals surface area contributed by atoms with Crippen LogP contribution in [0, 0.1) is 0 Å². The number of furan rings is 1. The lowest BCUT2D eigenvalue weighted by Gasteiger charge is -2.47. The van der Waals surface area contributed by atoms with Crippen molar-refractivity contribution >= 4 is 16.7 Å². The minimum absolute atomic E-state index is 0.727. The molecule has 3 heterocycles. The fourth-order valence-corrected chi connectivity index (χ4v) is 4.07. The first-order valence-electron chi connectivity index (χ1n) is 10.9. The summed E-state index contributed by atoms with van der Waals surface area (Å²) in [7, 11) is 4.04. The number of allylic oxidation sites excluding steroid dienone is 2. The average Bonchev–Trinajstić information content (AvgIpc) is 3.33. The van der Waals surface area contributed by atoms with E-state index in [0.717, 1.165) is 47.9 Å². The first-order valence-corrected chi connectivity index (χ1v) is 10.9. The van der Waals surface area contributed by atoms with Crippen LogP contribution in [0.15, 0.2) is 77.7 Å². The zero-order valence-electron chi connectivity index (χ0n) is 19.3. The summed E-state index contributed by atoms with van der Waals surface area (Å²) in [6.07, 6.45) is 11.9. The van der Waals surface area contributed by atoms with Crippen molar-refractivity contribution in [2.45, 2.75) is 31.7 Å². The number of hydrogen-bond donors (Lipinski definition) is 3. The van der Waals surface area contributed by atoms with Gasteiger partial charge in [-0.2, -0.15) is 0 Å². The molecule has 0 amide bonds. The zero-order valence-corrected chi connectivity index (χ0v) is 19.3. The summed E-state index contributed by atoms with van der Waals surface area (Å²) in [5.74, 6) is 1.79. The van der Waals surface area contributed by atoms with Crippen molar-refractivity contribution in [3.63, 3.8) is 0 Å². The fourth-order valence-electron chi connectivity index (χ4n) is 4.07. The Bertz CT molecular complexity index is 1080. The molecule has 1 aromatic heterocycles. The molecule has 1 unspecified atom stereocenters. The van der Waals surface area contributed by atoms with E-state index < -0.39 is 11.3 Å². The Kier molecular flexibility index (Phi) is 5.90. The third kappa shape index (κ3) is 4.32. The SMILES string of the molecule is C=CCN1CC=CN1C1=CC=CC(Nc2ccc3oc(CN(C)C)cc3c2)(C(C)(C)O)N1. The van der Waals surface area contributed by atoms with E-state index in [4.69, 9.17) is 4.42 Å². The van der Waals surface area contributed by atoms with Gasteiger partial charge in [-0.25, -0.2) is 5.01 Å². The van der Waals surface area contributed by atoms with Gasteiger partial charge < -0.3 is 25.1 Å². The number of dihydropyridines is 1. The van der Waals surface area contributed by atoms with Gasteiger partial charge in [0.15, 0.2) is 5.66 Å². The molecule has 0 aliphatic carbocycles. The quantitative estimate of drug-likeness (QED) is 0.548. The highest BCUT2D eigenvalue weighted by Gasteiger charge is 2.44. The number of hydrogen-bond acceptors (Lipinski definition) is 7. The predicted molar refractivity (Wildman–Crippen MR) is 129 cm³/mol. The van der Waals surface area contributed by atoms with Crippen LogP contribution < -0.4 is 10.6 Å². The standard InChI is InChI=1S/C25H33N5O2/c1-6-13-29-14-8-15-30(29)23-9-7-12-25(27-23,24(2,3)31)26-20-10-11-22-19(16-20)17-21(32-22)18-28(4)5/h6-12,15-17,26-27,31H,1,13-14,18H2,2-5H3. The van der Waals surface area contributed by atoms with E-state index in [0.29, 0.717) is 0 Å². The molecule has 170 valence electrons. The summed E-state index contributed by atoms with van der Waals surface area (Å²) in [5, 5.41) is 23.5. The highest BCUT2D eigenvalue weighted by molar-refractivity contribution is 5.82. The monoisotopic (exact) mass is 435 g/mol. The highest BCUT2D eigenvalue weighted by atomic mass is 16.3. The summed E-state index contributed by atoms with van der Waals surface area (Å²) in [6, 6.07) is 8.06. The minimum Gasteiger partial charge on any atom is -0.460 e. The average molecular weight is 436 g/mol. The van der Waals surface area contributed by atoms with Gasteiger partial charge in [-0.3, -0.25) is 5.01 Å². The molecule has 4 rings (SSSR count). The Balaban J connectivity index is 1.62. The van der Waals surface area contributed by atoms with Gasteiger partial charge in [0.2, 0.25) is 0 Å². The number of benzene rings is 1. The molecule has 7 nitrogen and oxygen atoms in total. The molecule has 0 spiro atoms. The summed E-state index contributed by atoms with van der Waals surface area (Å²) in [4.78, 5) is 2.08. The fraction of sp³-hybridized carbons (Fsp3) is 0.360. The van der Waals surface area contributed by atoms with Crippen LogP contribution in [-0.2, 0) is 6.54 Å². The van der Waals surface area contributed by atoms with Gasteiger partial charge in [0.1, 0.15) is 22.8 Å². The molecule has 0 bridgehead atoms. The zero-order chi connectivity index (χ0) is 22.9. The first kappa shape index (κ1) is 22.2. The van der Waals surface area contributed by atoms with Crippen LogP contribution in [0.5, 0.6) is 0 Å². The van der Waals surface area contributed by atoms with Gasteiger partial charge in [-0.15, -0.1) is 6.58 Å². The molecule has 2 aliphatic heterocycles. The van der Waals surface area contributed by atoms with E-state index in [1.54, 1.807) is 13.8 Å². The first-order chi connectivity index (χ1) is 15.2. The van der Waals surface area contributed by atoms with Crippen LogP contribution >= 0.6 is 0 Å². The van der Waals surface area contributed by atoms with Gasteiger partial charge in [-0.05, 0) is 64.4 Å². The second-order valence-electron chi connectivity index (χ2n) is 9.12. The Morgan fingerprint density at radius 3 is 2.88 bits per heavy atom. The van der Waals surface area contributed by atoms with Crippen LogP contribution in [0.4, 0.5) is 5.69 Å². The number of hydrazine groups is 1. The number of rotatable bonds is 8. The molecule has 0 radical (unpaired) electrons. The Morgan fingerprint density at radius 2 is 2.16 bits per heavy atom. The van der Waals surface area contributed by atoms with E-state index in [-0.39, 0.29) is 0 Å². The minimum atomic E-state index is -1.11. The van der Waals surface area contributed by atoms with E-state index in [9.17, 15) is 5.11 Å². The molecule has 1 atom stereocenters. The van der Waals surface area contributed by atoms with Gasteiger partial charge >= 0.3 is 0 Å². The summed E-state index contributed by atoms with van der Waals surface area (Å²) >= 11 is 0. The third-order valence-electron chi connectivity index (χ3n) is 5.73. The highest BCUT2D eigenvalue weighted by Crippen LogP contribution is 2.32. The van der Waals surface area contributed by atoms with Crippen molar-refractivity contribution in [3.05, 3.63) is 79.0 Å². The van der Waals surface area contributed by atoms with Crippen molar-refractivity contribution in [1.82, 2.24) is 20.2 Å². The summed E-state index contributed by atoms with van der Waals surface area (Å²) in [6.45, 7) is 9.74. The van der Waals surface area contributed by atoms with Crippen molar-refractivity contribution in [3.8, 4) is 0 Å². The summed E-state index contributed by atoms with van der Waals surface area (Å²) in [5.41, 5.74) is -0.302. The lowest BCUT2D eigenvalue weighted by Crippen LogP contribution is -2.65. The van der Waals surface area contributed by atoms with E-state index in [2.05, 4.69) is 50.3 Å². The smallest absolute Gasteiger partial charge is 0.158 e. The normalized spacial score (nSPS) is 21.3. The molecule has 1 aromatic carbocycles. The summed E-state index contributed by atoms with van der Waals surface area (Å²) < 4.78 is 5.95. The van der Waals surface area contributed by atoms with Crippen molar-refractivity contribution < 1.29 is 9.52 Å². The van der Waals surface area contributed by atoms with E-state index >= 15 is 0 Å². The van der Waals surface area contributed by atoms with Crippen LogP contribution in [0.1, 0.15) is 19.6 Å². The molecule has 3 N–H and O–H groups in total. The molecule has 7 heteroatoms. The number of aliphatic hydroxyl groups is 1. The maximum Gasteiger partial charge on any atom is 0.158 e. The van der Waals surface area contributed by atoms with E-state index in [1.165, 1.54) is 0 Å². The molecular formula is C25H33N5O2. The molecule has 2 aliphatic rings. The Morgan fingerprint density at radius 1 is 1.34 bits per heavy atom. The molecule has 0 fully saturated rings. The van der Waals surface area contributed by atoms with Gasteiger partial charge in [-0.1, -0.05) is 18.2 Å².